The number of pyridine rings is 1. The minimum absolute atomic E-state index is 0.829. The van der Waals surface area contributed by atoms with Crippen molar-refractivity contribution >= 4 is 10.9 Å². The van der Waals surface area contributed by atoms with E-state index < -0.39 is 0 Å². The van der Waals surface area contributed by atoms with Crippen LogP contribution in [0.3, 0.4) is 0 Å². The summed E-state index contributed by atoms with van der Waals surface area (Å²) in [6.45, 7) is 4.01. The van der Waals surface area contributed by atoms with Crippen LogP contribution in [0.25, 0.3) is 22.3 Å². The Kier molecular flexibility index (Phi) is 3.74. The lowest BCUT2D eigenvalue weighted by Gasteiger charge is -2.01. The number of aromatic nitrogens is 3. The van der Waals surface area contributed by atoms with Gasteiger partial charge in [-0.15, -0.1) is 0 Å². The second kappa shape index (κ2) is 5.84. The first-order valence-electron chi connectivity index (χ1n) is 6.96. The Morgan fingerprint density at radius 2 is 2.15 bits per heavy atom. The van der Waals surface area contributed by atoms with Gasteiger partial charge in [0.05, 0.1) is 5.52 Å². The van der Waals surface area contributed by atoms with Gasteiger partial charge in [-0.1, -0.05) is 13.0 Å². The van der Waals surface area contributed by atoms with Crippen LogP contribution in [0.5, 0.6) is 0 Å². The zero-order chi connectivity index (χ0) is 13.8. The third-order valence-corrected chi connectivity index (χ3v) is 3.25. The van der Waals surface area contributed by atoms with Gasteiger partial charge in [-0.2, -0.15) is 0 Å². The van der Waals surface area contributed by atoms with Gasteiger partial charge in [0.15, 0.2) is 0 Å². The number of fused-ring (bicyclic) bond motifs is 1. The van der Waals surface area contributed by atoms with E-state index in [9.17, 15) is 0 Å². The number of hydrogen-bond acceptors (Lipinski definition) is 3. The molecule has 0 saturated heterocycles. The summed E-state index contributed by atoms with van der Waals surface area (Å²) in [5, 5.41) is 4.50. The van der Waals surface area contributed by atoms with E-state index in [0.717, 1.165) is 47.5 Å². The molecule has 3 rings (SSSR count). The highest BCUT2D eigenvalue weighted by molar-refractivity contribution is 5.83. The fourth-order valence-corrected chi connectivity index (χ4v) is 2.22. The molecule has 0 saturated carbocycles. The summed E-state index contributed by atoms with van der Waals surface area (Å²) in [4.78, 5) is 12.1. The maximum absolute atomic E-state index is 4.46. The summed E-state index contributed by atoms with van der Waals surface area (Å²) in [6, 6.07) is 10.2. The summed E-state index contributed by atoms with van der Waals surface area (Å²) in [5.74, 6) is 0.907. The van der Waals surface area contributed by atoms with Crippen molar-refractivity contribution in [2.45, 2.75) is 19.9 Å². The fourth-order valence-electron chi connectivity index (χ4n) is 2.22. The molecule has 20 heavy (non-hydrogen) atoms. The Bertz CT molecular complexity index is 702. The predicted octanol–water partition coefficient (Wildman–Crippen LogP) is 3.12. The van der Waals surface area contributed by atoms with Crippen LogP contribution in [-0.4, -0.2) is 21.5 Å². The van der Waals surface area contributed by atoms with Crippen molar-refractivity contribution in [3.63, 3.8) is 0 Å². The molecule has 0 atom stereocenters. The van der Waals surface area contributed by atoms with E-state index in [1.54, 1.807) is 0 Å². The topological polar surface area (TPSA) is 53.6 Å². The Morgan fingerprint density at radius 1 is 1.20 bits per heavy atom. The molecule has 1 aromatic carbocycles. The number of nitrogens with zero attached hydrogens (tertiary/aromatic N) is 2. The Hall–Kier alpha value is -2.20. The summed E-state index contributed by atoms with van der Waals surface area (Å²) < 4.78 is 0. The molecular weight excluding hydrogens is 248 g/mol. The second-order valence-corrected chi connectivity index (χ2v) is 4.84. The van der Waals surface area contributed by atoms with Crippen LogP contribution >= 0.6 is 0 Å². The van der Waals surface area contributed by atoms with Crippen molar-refractivity contribution < 1.29 is 0 Å². The molecule has 0 aliphatic rings. The van der Waals surface area contributed by atoms with Gasteiger partial charge in [0.1, 0.15) is 5.82 Å². The van der Waals surface area contributed by atoms with Crippen LogP contribution in [0.1, 0.15) is 19.0 Å². The number of hydrogen-bond donors (Lipinski definition) is 2. The predicted molar refractivity (Wildman–Crippen MR) is 81.3 cm³/mol. The number of nitrogens with one attached hydrogen (secondary N) is 2. The lowest BCUT2D eigenvalue weighted by Crippen LogP contribution is -2.13. The Labute approximate surface area is 118 Å². The van der Waals surface area contributed by atoms with E-state index in [-0.39, 0.29) is 0 Å². The highest BCUT2D eigenvalue weighted by Crippen LogP contribution is 2.21. The lowest BCUT2D eigenvalue weighted by molar-refractivity contribution is 0.667. The number of H-pyrrole nitrogens is 1. The van der Waals surface area contributed by atoms with Gasteiger partial charge >= 0.3 is 0 Å². The SMILES string of the molecule is CCCNCc1cnc(-c2ccc3ncccc3c2)[nH]1. The van der Waals surface area contributed by atoms with E-state index in [4.69, 9.17) is 0 Å². The molecule has 3 aromatic rings. The van der Waals surface area contributed by atoms with Gasteiger partial charge < -0.3 is 10.3 Å². The average Bonchev–Trinajstić information content (AvgIpc) is 2.96. The zero-order valence-corrected chi connectivity index (χ0v) is 11.6. The van der Waals surface area contributed by atoms with Crippen LogP contribution in [0.15, 0.2) is 42.7 Å². The van der Waals surface area contributed by atoms with Gasteiger partial charge in [0.25, 0.3) is 0 Å². The van der Waals surface area contributed by atoms with Crippen LogP contribution in [0, 0.1) is 0 Å². The Balaban J connectivity index is 1.83. The average molecular weight is 266 g/mol. The summed E-state index contributed by atoms with van der Waals surface area (Å²) in [5.41, 5.74) is 3.21. The molecular formula is C16H18N4. The van der Waals surface area contributed by atoms with Gasteiger partial charge in [-0.25, -0.2) is 4.98 Å². The molecule has 0 radical (unpaired) electrons. The van der Waals surface area contributed by atoms with Gasteiger partial charge in [-0.3, -0.25) is 4.98 Å². The molecule has 0 fully saturated rings. The summed E-state index contributed by atoms with van der Waals surface area (Å²) >= 11 is 0. The van der Waals surface area contributed by atoms with Crippen molar-refractivity contribution in [3.05, 3.63) is 48.4 Å². The lowest BCUT2D eigenvalue weighted by atomic mass is 10.1. The molecule has 2 N–H and O–H groups in total. The smallest absolute Gasteiger partial charge is 0.137 e. The first-order valence-corrected chi connectivity index (χ1v) is 6.96. The third-order valence-electron chi connectivity index (χ3n) is 3.25. The van der Waals surface area contributed by atoms with Crippen molar-refractivity contribution in [2.24, 2.45) is 0 Å². The van der Waals surface area contributed by atoms with E-state index in [1.165, 1.54) is 0 Å². The van der Waals surface area contributed by atoms with Gasteiger partial charge in [0, 0.05) is 35.6 Å². The second-order valence-electron chi connectivity index (χ2n) is 4.84. The van der Waals surface area contributed by atoms with Crippen molar-refractivity contribution in [1.29, 1.82) is 0 Å². The molecule has 4 heteroatoms. The van der Waals surface area contributed by atoms with E-state index in [1.807, 2.05) is 24.5 Å². The first-order chi connectivity index (χ1) is 9.86. The minimum atomic E-state index is 0.829. The summed E-state index contributed by atoms with van der Waals surface area (Å²) in [7, 11) is 0. The number of rotatable bonds is 5. The number of imidazole rings is 1. The maximum Gasteiger partial charge on any atom is 0.137 e. The molecule has 2 heterocycles. The summed E-state index contributed by atoms with van der Waals surface area (Å²) in [6.07, 6.45) is 4.84. The molecule has 4 nitrogen and oxygen atoms in total. The van der Waals surface area contributed by atoms with E-state index >= 15 is 0 Å². The van der Waals surface area contributed by atoms with Crippen LogP contribution in [0.4, 0.5) is 0 Å². The molecule has 0 bridgehead atoms. The van der Waals surface area contributed by atoms with Crippen molar-refractivity contribution in [1.82, 2.24) is 20.3 Å². The molecule has 0 spiro atoms. The fraction of sp³-hybridized carbons (Fsp3) is 0.250. The molecule has 0 aliphatic heterocycles. The third kappa shape index (κ3) is 2.70. The van der Waals surface area contributed by atoms with Crippen LogP contribution in [0.2, 0.25) is 0 Å². The standard InChI is InChI=1S/C16H18N4/c1-2-7-17-10-14-11-19-16(20-14)13-5-6-15-12(9-13)4-3-8-18-15/h3-6,8-9,11,17H,2,7,10H2,1H3,(H,19,20). The molecule has 0 unspecified atom stereocenters. The van der Waals surface area contributed by atoms with Gasteiger partial charge in [0.2, 0.25) is 0 Å². The first kappa shape index (κ1) is 12.8. The Morgan fingerprint density at radius 3 is 3.05 bits per heavy atom. The maximum atomic E-state index is 4.46. The van der Waals surface area contributed by atoms with Crippen molar-refractivity contribution in [2.75, 3.05) is 6.54 Å². The quantitative estimate of drug-likeness (QED) is 0.698. The van der Waals surface area contributed by atoms with Crippen LogP contribution in [-0.2, 0) is 6.54 Å². The van der Waals surface area contributed by atoms with E-state index in [2.05, 4.69) is 45.4 Å². The zero-order valence-electron chi connectivity index (χ0n) is 11.6. The monoisotopic (exact) mass is 266 g/mol. The van der Waals surface area contributed by atoms with Crippen LogP contribution < -0.4 is 5.32 Å². The van der Waals surface area contributed by atoms with Gasteiger partial charge in [-0.05, 0) is 37.2 Å². The molecule has 0 aliphatic carbocycles. The largest absolute Gasteiger partial charge is 0.341 e. The highest BCUT2D eigenvalue weighted by Gasteiger charge is 2.04. The molecule has 102 valence electrons. The molecule has 2 aromatic heterocycles. The normalized spacial score (nSPS) is 11.1. The minimum Gasteiger partial charge on any atom is -0.341 e. The number of aromatic amines is 1. The van der Waals surface area contributed by atoms with E-state index in [0.29, 0.717) is 0 Å². The molecule has 0 amide bonds. The van der Waals surface area contributed by atoms with Crippen molar-refractivity contribution in [3.8, 4) is 11.4 Å². The number of benzene rings is 1. The highest BCUT2D eigenvalue weighted by atomic mass is 15.0.